The summed E-state index contributed by atoms with van der Waals surface area (Å²) in [7, 11) is 0. The van der Waals surface area contributed by atoms with Gasteiger partial charge in [0.2, 0.25) is 0 Å². The average Bonchev–Trinajstić information content (AvgIpc) is 2.83. The van der Waals surface area contributed by atoms with Crippen molar-refractivity contribution in [2.75, 3.05) is 0 Å². The summed E-state index contributed by atoms with van der Waals surface area (Å²) in [6.07, 6.45) is -1.04. The largest absolute Gasteiger partial charge is 0.442 e. The molecule has 1 aromatic rings. The number of alkyl halides is 3. The van der Waals surface area contributed by atoms with Gasteiger partial charge in [0, 0.05) is 29.2 Å². The van der Waals surface area contributed by atoms with E-state index in [1.807, 2.05) is 0 Å². The van der Waals surface area contributed by atoms with Crippen LogP contribution in [0.4, 0.5) is 13.2 Å². The highest BCUT2D eigenvalue weighted by Crippen LogP contribution is 2.48. The maximum Gasteiger partial charge on any atom is 0.442 e. The fourth-order valence-electron chi connectivity index (χ4n) is 3.16. The molecule has 0 fully saturated rings. The molecule has 1 aliphatic carbocycles. The Morgan fingerprint density at radius 1 is 1.43 bits per heavy atom. The molecule has 2 heterocycles. The highest BCUT2D eigenvalue weighted by atomic mass is 19.4. The predicted octanol–water partition coefficient (Wildman–Crippen LogP) is 2.37. The van der Waals surface area contributed by atoms with Gasteiger partial charge in [0.25, 0.3) is 11.6 Å². The van der Waals surface area contributed by atoms with Crippen LogP contribution in [0.2, 0.25) is 0 Å². The average molecular weight is 327 g/mol. The number of allylic oxidation sites excluding steroid dienone is 1. The van der Waals surface area contributed by atoms with E-state index in [1.54, 1.807) is 6.92 Å². The van der Waals surface area contributed by atoms with Gasteiger partial charge in [0.1, 0.15) is 0 Å². The predicted molar refractivity (Wildman–Crippen MR) is 74.6 cm³/mol. The van der Waals surface area contributed by atoms with Gasteiger partial charge in [-0.15, -0.1) is 0 Å². The minimum Gasteiger partial charge on any atom is -0.359 e. The Bertz CT molecular complexity index is 660. The molecule has 0 unspecified atom stereocenters. The summed E-state index contributed by atoms with van der Waals surface area (Å²) < 4.78 is 40.9. The van der Waals surface area contributed by atoms with Gasteiger partial charge in [-0.2, -0.15) is 13.2 Å². The van der Waals surface area contributed by atoms with Gasteiger partial charge in [-0.1, -0.05) is 6.92 Å². The second-order valence-electron chi connectivity index (χ2n) is 5.84. The fraction of sp³-hybridized carbons (Fsp3) is 0.467. The number of amides is 1. The molecule has 0 spiro atoms. The third-order valence-corrected chi connectivity index (χ3v) is 4.38. The van der Waals surface area contributed by atoms with Crippen molar-refractivity contribution in [1.29, 1.82) is 0 Å². The second-order valence-corrected chi connectivity index (χ2v) is 5.84. The molecule has 0 saturated heterocycles. The van der Waals surface area contributed by atoms with Crippen LogP contribution in [0, 0.1) is 5.92 Å². The summed E-state index contributed by atoms with van der Waals surface area (Å²) in [6, 6.07) is 2.61. The van der Waals surface area contributed by atoms with Crippen molar-refractivity contribution in [3.63, 3.8) is 0 Å². The Morgan fingerprint density at radius 3 is 2.70 bits per heavy atom. The number of aliphatic hydroxyl groups is 1. The SMILES string of the molecule is C[C@H]1CCCC2=C1NN(C(=O)c1ccncc1)[C@@]2(O)C(F)(F)F. The normalized spacial score (nSPS) is 27.7. The van der Waals surface area contributed by atoms with Crippen LogP contribution in [-0.2, 0) is 0 Å². The zero-order chi connectivity index (χ0) is 16.8. The van der Waals surface area contributed by atoms with Crippen LogP contribution >= 0.6 is 0 Å². The summed E-state index contributed by atoms with van der Waals surface area (Å²) in [5, 5.41) is 10.8. The first-order chi connectivity index (χ1) is 10.8. The van der Waals surface area contributed by atoms with Crippen LogP contribution in [0.15, 0.2) is 35.8 Å². The van der Waals surface area contributed by atoms with Crippen LogP contribution in [-0.4, -0.2) is 32.9 Å². The van der Waals surface area contributed by atoms with Gasteiger partial charge >= 0.3 is 6.18 Å². The molecule has 0 radical (unpaired) electrons. The number of halogens is 3. The molecule has 1 aliphatic heterocycles. The van der Waals surface area contributed by atoms with Crippen molar-refractivity contribution in [1.82, 2.24) is 15.4 Å². The summed E-state index contributed by atoms with van der Waals surface area (Å²) in [5.74, 6) is -1.13. The lowest BCUT2D eigenvalue weighted by molar-refractivity contribution is -0.288. The molecule has 3 rings (SSSR count). The van der Waals surface area contributed by atoms with E-state index >= 15 is 0 Å². The number of hydrogen-bond acceptors (Lipinski definition) is 4. The van der Waals surface area contributed by atoms with E-state index in [-0.39, 0.29) is 23.5 Å². The summed E-state index contributed by atoms with van der Waals surface area (Å²) >= 11 is 0. The smallest absolute Gasteiger partial charge is 0.359 e. The lowest BCUT2D eigenvalue weighted by Crippen LogP contribution is -2.62. The van der Waals surface area contributed by atoms with E-state index in [1.165, 1.54) is 24.5 Å². The first-order valence-electron chi connectivity index (χ1n) is 7.30. The number of hydrazine groups is 1. The number of pyridine rings is 1. The third-order valence-electron chi connectivity index (χ3n) is 4.38. The molecule has 2 N–H and O–H groups in total. The molecule has 124 valence electrons. The molecule has 5 nitrogen and oxygen atoms in total. The number of carbonyl (C=O) groups excluding carboxylic acids is 1. The first-order valence-corrected chi connectivity index (χ1v) is 7.30. The van der Waals surface area contributed by atoms with E-state index in [2.05, 4.69) is 10.4 Å². The maximum atomic E-state index is 13.6. The molecular weight excluding hydrogens is 311 g/mol. The van der Waals surface area contributed by atoms with E-state index in [0.717, 1.165) is 0 Å². The van der Waals surface area contributed by atoms with Crippen molar-refractivity contribution in [3.05, 3.63) is 41.4 Å². The Hall–Kier alpha value is -2.09. The lowest BCUT2D eigenvalue weighted by atomic mass is 9.84. The summed E-state index contributed by atoms with van der Waals surface area (Å²) in [6.45, 7) is 1.78. The summed E-state index contributed by atoms with van der Waals surface area (Å²) in [5.41, 5.74) is -0.665. The first kappa shape index (κ1) is 15.8. The Labute approximate surface area is 130 Å². The van der Waals surface area contributed by atoms with E-state index in [0.29, 0.717) is 23.5 Å². The van der Waals surface area contributed by atoms with Crippen molar-refractivity contribution in [3.8, 4) is 0 Å². The molecule has 1 amide bonds. The van der Waals surface area contributed by atoms with Crippen LogP contribution in [0.5, 0.6) is 0 Å². The van der Waals surface area contributed by atoms with Crippen molar-refractivity contribution >= 4 is 5.91 Å². The Balaban J connectivity index is 2.07. The molecule has 2 atom stereocenters. The van der Waals surface area contributed by atoms with Crippen molar-refractivity contribution < 1.29 is 23.1 Å². The quantitative estimate of drug-likeness (QED) is 0.831. The number of nitrogens with zero attached hydrogens (tertiary/aromatic N) is 2. The summed E-state index contributed by atoms with van der Waals surface area (Å²) in [4.78, 5) is 16.2. The van der Waals surface area contributed by atoms with E-state index < -0.39 is 17.8 Å². The Kier molecular flexibility index (Phi) is 3.59. The number of hydrogen-bond donors (Lipinski definition) is 2. The molecule has 1 aromatic heterocycles. The van der Waals surface area contributed by atoms with E-state index in [4.69, 9.17) is 0 Å². The second kappa shape index (κ2) is 5.23. The van der Waals surface area contributed by atoms with Gasteiger partial charge in [-0.05, 0) is 37.3 Å². The van der Waals surface area contributed by atoms with Crippen molar-refractivity contribution in [2.24, 2.45) is 5.92 Å². The minimum atomic E-state index is -5.00. The molecular formula is C15H16F3N3O2. The molecule has 0 saturated carbocycles. The van der Waals surface area contributed by atoms with Gasteiger partial charge in [-0.3, -0.25) is 15.2 Å². The molecule has 2 aliphatic rings. The topological polar surface area (TPSA) is 65.5 Å². The monoisotopic (exact) mass is 327 g/mol. The standard InChI is InChI=1S/C15H16F3N3O2/c1-9-3-2-4-11-12(9)20-21(14(11,23)15(16,17)18)13(22)10-5-7-19-8-6-10/h5-9,20,23H,2-4H2,1H3/t9-,14-/m0/s1. The van der Waals surface area contributed by atoms with Crippen LogP contribution in [0.3, 0.4) is 0 Å². The van der Waals surface area contributed by atoms with Gasteiger partial charge in [-0.25, -0.2) is 5.01 Å². The Morgan fingerprint density at radius 2 is 2.09 bits per heavy atom. The molecule has 8 heteroatoms. The molecule has 23 heavy (non-hydrogen) atoms. The number of carbonyl (C=O) groups is 1. The zero-order valence-corrected chi connectivity index (χ0v) is 12.4. The highest BCUT2D eigenvalue weighted by molar-refractivity contribution is 5.95. The lowest BCUT2D eigenvalue weighted by Gasteiger charge is -2.36. The van der Waals surface area contributed by atoms with Gasteiger partial charge in [0.05, 0.1) is 0 Å². The van der Waals surface area contributed by atoms with Crippen LogP contribution in [0.1, 0.15) is 36.5 Å². The highest BCUT2D eigenvalue weighted by Gasteiger charge is 2.66. The fourth-order valence-corrected chi connectivity index (χ4v) is 3.16. The number of aromatic nitrogens is 1. The number of rotatable bonds is 1. The van der Waals surface area contributed by atoms with Crippen LogP contribution < -0.4 is 5.43 Å². The van der Waals surface area contributed by atoms with E-state index in [9.17, 15) is 23.1 Å². The molecule has 0 aromatic carbocycles. The molecule has 0 bridgehead atoms. The zero-order valence-electron chi connectivity index (χ0n) is 12.4. The minimum absolute atomic E-state index is 0.0164. The van der Waals surface area contributed by atoms with Crippen molar-refractivity contribution in [2.45, 2.75) is 38.1 Å². The maximum absolute atomic E-state index is 13.6. The third kappa shape index (κ3) is 2.28. The van der Waals surface area contributed by atoms with Gasteiger partial charge in [0.15, 0.2) is 0 Å². The number of nitrogens with one attached hydrogen (secondary N) is 1. The van der Waals surface area contributed by atoms with Crippen LogP contribution in [0.25, 0.3) is 0 Å². The van der Waals surface area contributed by atoms with Gasteiger partial charge < -0.3 is 5.11 Å².